The second kappa shape index (κ2) is 23.2. The Balaban J connectivity index is 0.935. The van der Waals surface area contributed by atoms with Crippen molar-refractivity contribution in [1.29, 1.82) is 5.26 Å². The number of benzene rings is 2. The lowest BCUT2D eigenvalue weighted by Crippen LogP contribution is -2.74. The van der Waals surface area contributed by atoms with E-state index >= 15 is 0 Å². The summed E-state index contributed by atoms with van der Waals surface area (Å²) in [4.78, 5) is 65.2. The first-order chi connectivity index (χ1) is 34.7. The van der Waals surface area contributed by atoms with E-state index in [4.69, 9.17) is 9.47 Å². The number of nitrogens with zero attached hydrogens (tertiary/aromatic N) is 7. The summed E-state index contributed by atoms with van der Waals surface area (Å²) < 4.78 is 52.8. The summed E-state index contributed by atoms with van der Waals surface area (Å²) in [6, 6.07) is 13.2. The number of piperazine rings is 1. The van der Waals surface area contributed by atoms with Crippen molar-refractivity contribution in [1.82, 2.24) is 35.9 Å². The number of anilines is 1. The van der Waals surface area contributed by atoms with Crippen molar-refractivity contribution >= 4 is 52.8 Å². The number of hydrogen-bond donors (Lipinski definition) is 4. The zero-order valence-electron chi connectivity index (χ0n) is 43.8. The van der Waals surface area contributed by atoms with Crippen LogP contribution in [0.2, 0.25) is 0 Å². The number of carbonyl (C=O) groups excluding carboxylic acids is 4. The normalized spacial score (nSPS) is 21.8. The highest BCUT2D eigenvalue weighted by Crippen LogP contribution is 2.56. The Morgan fingerprint density at radius 1 is 0.986 bits per heavy atom. The lowest BCUT2D eigenvalue weighted by Gasteiger charge is -2.63. The SMILES string of the molecule is C=N/C(C)=C(\SC)c1ccc([C@H](C)NC(=O)[C@@H]2C[C@@H](O)CN2C(=O)[C@@H](NC(=O)COCCN2CCN(c3ccc(C(=O)N[C@H]4C(C)(C)[C@H](Oc5ccc(C#N)c(C(F)(F)F)c5)C4(C)C)nn3)CC2)C(C)(C)C)cc1. The van der Waals surface area contributed by atoms with E-state index in [1.54, 1.807) is 30.0 Å². The topological polar surface area (TPSA) is 215 Å². The molecule has 400 valence electrons. The van der Waals surface area contributed by atoms with E-state index in [0.29, 0.717) is 38.5 Å². The lowest BCUT2D eigenvalue weighted by atomic mass is 9.49. The molecule has 3 aliphatic rings. The number of alkyl halides is 3. The second-order valence-electron chi connectivity index (χ2n) is 21.4. The van der Waals surface area contributed by atoms with Gasteiger partial charge >= 0.3 is 6.18 Å². The number of thioether (sulfide) groups is 1. The molecule has 0 unspecified atom stereocenters. The number of hydrogen-bond acceptors (Lipinski definition) is 14. The summed E-state index contributed by atoms with van der Waals surface area (Å²) >= 11 is 1.57. The molecular formula is C53H69F3N10O7S. The summed E-state index contributed by atoms with van der Waals surface area (Å²) in [7, 11) is 0. The van der Waals surface area contributed by atoms with Gasteiger partial charge < -0.3 is 40.3 Å². The third kappa shape index (κ3) is 13.0. The second-order valence-corrected chi connectivity index (χ2v) is 22.2. The Hall–Kier alpha value is -6.08. The predicted molar refractivity (Wildman–Crippen MR) is 277 cm³/mol. The molecule has 2 saturated heterocycles. The van der Waals surface area contributed by atoms with Crippen molar-refractivity contribution in [3.8, 4) is 11.8 Å². The number of aliphatic imine (C=N–C) groups is 1. The van der Waals surface area contributed by atoms with E-state index in [1.807, 2.05) is 97.7 Å². The highest BCUT2D eigenvalue weighted by molar-refractivity contribution is 8.07. The highest BCUT2D eigenvalue weighted by atomic mass is 32.2. The first-order valence-electron chi connectivity index (χ1n) is 24.6. The number of allylic oxidation sites excluding steroid dienone is 1. The number of nitrogens with one attached hydrogen (secondary N) is 3. The number of aromatic nitrogens is 2. The van der Waals surface area contributed by atoms with E-state index in [0.717, 1.165) is 33.9 Å². The molecular weight excluding hydrogens is 978 g/mol. The molecule has 4 amide bonds. The summed E-state index contributed by atoms with van der Waals surface area (Å²) in [5, 5.41) is 37.3. The minimum absolute atomic E-state index is 0.0229. The van der Waals surface area contributed by atoms with Gasteiger partial charge in [-0.15, -0.1) is 22.0 Å². The quantitative estimate of drug-likeness (QED) is 0.0822. The summed E-state index contributed by atoms with van der Waals surface area (Å²) in [5.74, 6) is -1.24. The van der Waals surface area contributed by atoms with Gasteiger partial charge in [-0.25, -0.2) is 0 Å². The van der Waals surface area contributed by atoms with Crippen LogP contribution in [-0.4, -0.2) is 145 Å². The van der Waals surface area contributed by atoms with Crippen molar-refractivity contribution in [2.75, 3.05) is 63.6 Å². The number of β-amino-alcohol motifs (C(OH)–C–C–N with tert-alkyl or cyclic N) is 1. The zero-order valence-corrected chi connectivity index (χ0v) is 44.6. The Bertz CT molecular complexity index is 2590. The van der Waals surface area contributed by atoms with Crippen LogP contribution in [0.3, 0.4) is 0 Å². The Kier molecular flexibility index (Phi) is 17.9. The van der Waals surface area contributed by atoms with E-state index in [1.165, 1.54) is 11.0 Å². The minimum Gasteiger partial charge on any atom is -0.489 e. The van der Waals surface area contributed by atoms with Crippen LogP contribution in [0.5, 0.6) is 5.75 Å². The van der Waals surface area contributed by atoms with Gasteiger partial charge in [0.25, 0.3) is 5.91 Å². The molecule has 3 aromatic rings. The molecule has 0 radical (unpaired) electrons. The molecule has 2 aromatic carbocycles. The number of carbonyl (C=O) groups is 4. The van der Waals surface area contributed by atoms with Crippen molar-refractivity contribution in [3.63, 3.8) is 0 Å². The molecule has 1 aromatic heterocycles. The summed E-state index contributed by atoms with van der Waals surface area (Å²) in [6.45, 7) is 23.3. The Morgan fingerprint density at radius 3 is 2.22 bits per heavy atom. The number of nitriles is 1. The molecule has 4 N–H and O–H groups in total. The molecule has 17 nitrogen and oxygen atoms in total. The minimum atomic E-state index is -4.73. The predicted octanol–water partition coefficient (Wildman–Crippen LogP) is 6.24. The lowest BCUT2D eigenvalue weighted by molar-refractivity contribution is -0.164. The number of aliphatic hydroxyl groups is 1. The van der Waals surface area contributed by atoms with Crippen LogP contribution in [0.25, 0.3) is 4.91 Å². The van der Waals surface area contributed by atoms with Gasteiger partial charge in [0.1, 0.15) is 30.5 Å². The van der Waals surface area contributed by atoms with Gasteiger partial charge in [-0.2, -0.15) is 18.4 Å². The first-order valence-corrected chi connectivity index (χ1v) is 25.8. The maximum atomic E-state index is 14.1. The molecule has 4 atom stereocenters. The van der Waals surface area contributed by atoms with Crippen LogP contribution in [0.1, 0.15) is 108 Å². The van der Waals surface area contributed by atoms with E-state index in [2.05, 4.69) is 42.8 Å². The molecule has 6 rings (SSSR count). The molecule has 0 bridgehead atoms. The monoisotopic (exact) mass is 1050 g/mol. The van der Waals surface area contributed by atoms with Crippen LogP contribution in [0.15, 0.2) is 65.3 Å². The zero-order chi connectivity index (χ0) is 54.5. The molecule has 3 fully saturated rings. The largest absolute Gasteiger partial charge is 0.489 e. The van der Waals surface area contributed by atoms with Gasteiger partial charge in [0.05, 0.1) is 41.6 Å². The van der Waals surface area contributed by atoms with Crippen molar-refractivity contribution in [2.45, 2.75) is 111 Å². The summed E-state index contributed by atoms with van der Waals surface area (Å²) in [6.07, 6.45) is -4.18. The van der Waals surface area contributed by atoms with Crippen LogP contribution < -0.4 is 25.6 Å². The number of rotatable bonds is 18. The van der Waals surface area contributed by atoms with Crippen LogP contribution in [-0.2, 0) is 25.3 Å². The number of amides is 4. The maximum Gasteiger partial charge on any atom is 0.417 e. The van der Waals surface area contributed by atoms with E-state index < -0.39 is 93.6 Å². The van der Waals surface area contributed by atoms with Gasteiger partial charge in [0.2, 0.25) is 17.7 Å². The van der Waals surface area contributed by atoms with Gasteiger partial charge in [-0.1, -0.05) is 72.7 Å². The fraction of sp³-hybridized carbons (Fsp3) is 0.547. The number of aliphatic hydroxyl groups excluding tert-OH is 1. The van der Waals surface area contributed by atoms with Gasteiger partial charge in [0, 0.05) is 67.5 Å². The van der Waals surface area contributed by atoms with Crippen LogP contribution in [0, 0.1) is 27.6 Å². The van der Waals surface area contributed by atoms with Crippen molar-refractivity contribution < 1.29 is 46.9 Å². The number of halogens is 3. The highest BCUT2D eigenvalue weighted by Gasteiger charge is 2.64. The fourth-order valence-corrected chi connectivity index (χ4v) is 11.2. The van der Waals surface area contributed by atoms with Gasteiger partial charge in [0.15, 0.2) is 11.5 Å². The van der Waals surface area contributed by atoms with Gasteiger partial charge in [-0.3, -0.25) is 29.1 Å². The van der Waals surface area contributed by atoms with E-state index in [-0.39, 0.29) is 37.6 Å². The molecule has 1 aliphatic carbocycles. The van der Waals surface area contributed by atoms with Crippen molar-refractivity contribution in [2.24, 2.45) is 21.2 Å². The molecule has 21 heteroatoms. The van der Waals surface area contributed by atoms with Gasteiger partial charge in [-0.05, 0) is 73.7 Å². The molecule has 3 heterocycles. The van der Waals surface area contributed by atoms with Crippen LogP contribution >= 0.6 is 11.8 Å². The molecule has 74 heavy (non-hydrogen) atoms. The molecule has 1 saturated carbocycles. The Labute approximate surface area is 435 Å². The molecule has 2 aliphatic heterocycles. The first kappa shape index (κ1) is 57.2. The molecule has 0 spiro atoms. The third-order valence-corrected chi connectivity index (χ3v) is 15.2. The number of likely N-dealkylation sites (tertiary alicyclic amines) is 1. The maximum absolute atomic E-state index is 14.1. The van der Waals surface area contributed by atoms with Crippen LogP contribution in [0.4, 0.5) is 19.0 Å². The Morgan fingerprint density at radius 2 is 1.65 bits per heavy atom. The standard InChI is InChI=1S/C53H69F3N10O7S/c1-31(33-12-14-34(15-13-33)43(74-11)32(2)58-10)59-46(70)40-26-36(67)29-66(40)47(71)44(50(3,4)5)60-42(68)30-72-25-24-64-20-22-65(23-21-64)41-19-18-39(62-63-41)45(69)61-48-51(6,7)49(52(48,8)9)73-37-17-16-35(28-57)38(27-37)53(54,55)56/h12-19,27,31,36,40,44,48-49,67H,10,20-26,29-30H2,1-9,11H3,(H,59,70)(H,60,68)(H,61,69)/b43-32-/t31-,36+,40-,44+,48-,49-/m0/s1. The fourth-order valence-electron chi connectivity index (χ4n) is 10.4. The van der Waals surface area contributed by atoms with E-state index in [9.17, 15) is 42.7 Å². The summed E-state index contributed by atoms with van der Waals surface area (Å²) in [5.41, 5.74) is -0.922. The smallest absolute Gasteiger partial charge is 0.417 e. The average Bonchev–Trinajstić information content (AvgIpc) is 3.76. The average molecular weight is 1050 g/mol. The number of ether oxygens (including phenoxy) is 2. The third-order valence-electron chi connectivity index (χ3n) is 14.2. The van der Waals surface area contributed by atoms with Crippen molar-refractivity contribution in [3.05, 3.63) is 88.2 Å².